The molecule has 2 aromatic rings. The quantitative estimate of drug-likeness (QED) is 0.909. The Bertz CT molecular complexity index is 796. The summed E-state index contributed by atoms with van der Waals surface area (Å²) < 4.78 is 1.87. The van der Waals surface area contributed by atoms with Gasteiger partial charge in [-0.1, -0.05) is 18.2 Å². The third-order valence-corrected chi connectivity index (χ3v) is 5.05. The first-order valence-electron chi connectivity index (χ1n) is 8.81. The van der Waals surface area contributed by atoms with Gasteiger partial charge in [-0.25, -0.2) is 4.68 Å². The maximum atomic E-state index is 13.1. The molecule has 2 heterocycles. The summed E-state index contributed by atoms with van der Waals surface area (Å²) in [6.07, 6.45) is 5.41. The zero-order chi connectivity index (χ0) is 17.4. The van der Waals surface area contributed by atoms with Crippen LogP contribution in [0, 0.1) is 0 Å². The van der Waals surface area contributed by atoms with Crippen LogP contribution in [0.4, 0.5) is 0 Å². The highest BCUT2D eigenvalue weighted by atomic mass is 16.4. The molecule has 0 bridgehead atoms. The van der Waals surface area contributed by atoms with Crippen LogP contribution in [0.3, 0.4) is 0 Å². The molecule has 1 saturated carbocycles. The topological polar surface area (TPSA) is 75.4 Å². The lowest BCUT2D eigenvalue weighted by Gasteiger charge is -2.23. The van der Waals surface area contributed by atoms with Crippen molar-refractivity contribution in [2.24, 2.45) is 0 Å². The summed E-state index contributed by atoms with van der Waals surface area (Å²) in [6, 6.07) is 9.62. The maximum Gasteiger partial charge on any atom is 0.305 e. The number of hydrogen-bond acceptors (Lipinski definition) is 3. The zero-order valence-corrected chi connectivity index (χ0v) is 14.0. The second kappa shape index (κ2) is 6.35. The molecule has 1 aromatic heterocycles. The van der Waals surface area contributed by atoms with E-state index in [0.29, 0.717) is 18.0 Å². The van der Waals surface area contributed by atoms with Gasteiger partial charge in [0, 0.05) is 18.5 Å². The van der Waals surface area contributed by atoms with E-state index < -0.39 is 5.97 Å². The lowest BCUT2D eigenvalue weighted by atomic mass is 10.1. The first kappa shape index (κ1) is 15.9. The van der Waals surface area contributed by atoms with Crippen LogP contribution in [0.15, 0.2) is 36.5 Å². The lowest BCUT2D eigenvalue weighted by molar-refractivity contribution is -0.137. The van der Waals surface area contributed by atoms with E-state index in [1.807, 2.05) is 35.0 Å². The molecule has 6 nitrogen and oxygen atoms in total. The third kappa shape index (κ3) is 3.04. The number of likely N-dealkylation sites (tertiary alicyclic amines) is 1. The number of carboxylic acid groups (broad SMARTS) is 1. The van der Waals surface area contributed by atoms with Crippen LogP contribution in [-0.2, 0) is 4.79 Å². The van der Waals surface area contributed by atoms with Crippen molar-refractivity contribution in [2.75, 3.05) is 6.54 Å². The lowest BCUT2D eigenvalue weighted by Crippen LogP contribution is -2.37. The third-order valence-electron chi connectivity index (χ3n) is 5.05. The molecule has 1 amide bonds. The van der Waals surface area contributed by atoms with E-state index >= 15 is 0 Å². The molecule has 6 heteroatoms. The molecule has 1 N–H and O–H groups in total. The number of para-hydroxylation sites is 1. The SMILES string of the molecule is O=C(O)CC1CCCN1C(=O)c1cnn(-c2ccccc2)c1C1CC1. The smallest absolute Gasteiger partial charge is 0.305 e. The van der Waals surface area contributed by atoms with Crippen molar-refractivity contribution in [1.82, 2.24) is 14.7 Å². The predicted octanol–water partition coefficient (Wildman–Crippen LogP) is 2.83. The summed E-state index contributed by atoms with van der Waals surface area (Å²) in [5.74, 6) is -0.567. The molecule has 1 saturated heterocycles. The van der Waals surface area contributed by atoms with Gasteiger partial charge in [-0.15, -0.1) is 0 Å². The monoisotopic (exact) mass is 339 g/mol. The number of aromatic nitrogens is 2. The summed E-state index contributed by atoms with van der Waals surface area (Å²) in [5.41, 5.74) is 2.55. The Hall–Kier alpha value is -2.63. The van der Waals surface area contributed by atoms with Crippen LogP contribution in [-0.4, -0.2) is 44.3 Å². The number of amides is 1. The summed E-state index contributed by atoms with van der Waals surface area (Å²) in [7, 11) is 0. The Morgan fingerprint density at radius 1 is 1.16 bits per heavy atom. The number of hydrogen-bond donors (Lipinski definition) is 1. The maximum absolute atomic E-state index is 13.1. The number of carbonyl (C=O) groups excluding carboxylic acids is 1. The summed E-state index contributed by atoms with van der Waals surface area (Å²) in [4.78, 5) is 25.9. The molecular weight excluding hydrogens is 318 g/mol. The summed E-state index contributed by atoms with van der Waals surface area (Å²) >= 11 is 0. The molecule has 2 aliphatic rings. The molecule has 1 aliphatic carbocycles. The van der Waals surface area contributed by atoms with Gasteiger partial charge in [-0.2, -0.15) is 5.10 Å². The largest absolute Gasteiger partial charge is 0.481 e. The Kier molecular flexibility index (Phi) is 4.03. The number of rotatable bonds is 5. The van der Waals surface area contributed by atoms with Crippen LogP contribution in [0.1, 0.15) is 54.1 Å². The fraction of sp³-hybridized carbons (Fsp3) is 0.421. The van der Waals surface area contributed by atoms with Crippen LogP contribution >= 0.6 is 0 Å². The molecular formula is C19H21N3O3. The fourth-order valence-electron chi connectivity index (χ4n) is 3.72. The second-order valence-electron chi connectivity index (χ2n) is 6.86. The molecule has 1 aliphatic heterocycles. The van der Waals surface area contributed by atoms with Gasteiger partial charge >= 0.3 is 5.97 Å². The average Bonchev–Trinajstić information content (AvgIpc) is 3.18. The first-order valence-corrected chi connectivity index (χ1v) is 8.81. The highest BCUT2D eigenvalue weighted by Crippen LogP contribution is 2.43. The number of carbonyl (C=O) groups is 2. The van der Waals surface area contributed by atoms with Gasteiger partial charge in [0.15, 0.2) is 0 Å². The molecule has 0 radical (unpaired) electrons. The first-order chi connectivity index (χ1) is 12.1. The van der Waals surface area contributed by atoms with E-state index in [0.717, 1.165) is 37.1 Å². The van der Waals surface area contributed by atoms with Gasteiger partial charge in [0.2, 0.25) is 0 Å². The van der Waals surface area contributed by atoms with Crippen LogP contribution in [0.5, 0.6) is 0 Å². The van der Waals surface area contributed by atoms with Crippen molar-refractivity contribution < 1.29 is 14.7 Å². The molecule has 0 spiro atoms. The fourth-order valence-corrected chi connectivity index (χ4v) is 3.72. The molecule has 4 rings (SSSR count). The zero-order valence-electron chi connectivity index (χ0n) is 14.0. The molecule has 130 valence electrons. The van der Waals surface area contributed by atoms with Gasteiger partial charge in [0.25, 0.3) is 5.91 Å². The van der Waals surface area contributed by atoms with E-state index in [1.165, 1.54) is 0 Å². The van der Waals surface area contributed by atoms with Crippen molar-refractivity contribution in [1.29, 1.82) is 0 Å². The van der Waals surface area contributed by atoms with E-state index in [4.69, 9.17) is 5.11 Å². The van der Waals surface area contributed by atoms with Gasteiger partial charge in [0.1, 0.15) is 0 Å². The van der Waals surface area contributed by atoms with Gasteiger partial charge in [-0.05, 0) is 37.8 Å². The van der Waals surface area contributed by atoms with Gasteiger partial charge in [0.05, 0.1) is 29.6 Å². The number of aliphatic carboxylic acids is 1. The Balaban J connectivity index is 1.67. The Morgan fingerprint density at radius 2 is 1.92 bits per heavy atom. The number of benzene rings is 1. The summed E-state index contributed by atoms with van der Waals surface area (Å²) in [5, 5.41) is 13.6. The van der Waals surface area contributed by atoms with Crippen LogP contribution in [0.25, 0.3) is 5.69 Å². The van der Waals surface area contributed by atoms with E-state index in [9.17, 15) is 9.59 Å². The van der Waals surface area contributed by atoms with Crippen molar-refractivity contribution in [2.45, 2.75) is 44.1 Å². The van der Waals surface area contributed by atoms with E-state index in [-0.39, 0.29) is 18.4 Å². The minimum atomic E-state index is -0.855. The van der Waals surface area contributed by atoms with Crippen LogP contribution in [0.2, 0.25) is 0 Å². The number of nitrogens with zero attached hydrogens (tertiary/aromatic N) is 3. The highest BCUT2D eigenvalue weighted by Gasteiger charge is 2.37. The van der Waals surface area contributed by atoms with Crippen molar-refractivity contribution in [3.8, 4) is 5.69 Å². The standard InChI is InChI=1S/C19H21N3O3/c23-17(24)11-15-7-4-10-21(15)19(25)16-12-20-22(18(16)13-8-9-13)14-5-2-1-3-6-14/h1-3,5-6,12-13,15H,4,7-11H2,(H,23,24). The average molecular weight is 339 g/mol. The molecule has 1 aromatic carbocycles. The van der Waals surface area contributed by atoms with Crippen molar-refractivity contribution in [3.63, 3.8) is 0 Å². The predicted molar refractivity (Wildman–Crippen MR) is 91.9 cm³/mol. The number of carboxylic acids is 1. The Morgan fingerprint density at radius 3 is 2.60 bits per heavy atom. The molecule has 25 heavy (non-hydrogen) atoms. The second-order valence-corrected chi connectivity index (χ2v) is 6.86. The highest BCUT2D eigenvalue weighted by molar-refractivity contribution is 5.96. The summed E-state index contributed by atoms with van der Waals surface area (Å²) in [6.45, 7) is 0.622. The molecule has 1 unspecified atom stereocenters. The normalized spacial score (nSPS) is 20.0. The van der Waals surface area contributed by atoms with Crippen LogP contribution < -0.4 is 0 Å². The van der Waals surface area contributed by atoms with Crippen molar-refractivity contribution in [3.05, 3.63) is 47.8 Å². The minimum absolute atomic E-state index is 0.0112. The Labute approximate surface area is 146 Å². The minimum Gasteiger partial charge on any atom is -0.481 e. The molecule has 1 atom stereocenters. The van der Waals surface area contributed by atoms with Gasteiger partial charge in [-0.3, -0.25) is 9.59 Å². The van der Waals surface area contributed by atoms with E-state index in [2.05, 4.69) is 5.10 Å². The van der Waals surface area contributed by atoms with E-state index in [1.54, 1.807) is 11.1 Å². The van der Waals surface area contributed by atoms with Crippen molar-refractivity contribution >= 4 is 11.9 Å². The van der Waals surface area contributed by atoms with Gasteiger partial charge < -0.3 is 10.0 Å². The molecule has 2 fully saturated rings.